The monoisotopic (exact) mass is 206 g/mol. The molecular formula is C11H18N4. The SMILES string of the molecule is Cn1nc(C2CC2)nc1CC1(N)CCC1. The molecule has 82 valence electrons. The summed E-state index contributed by atoms with van der Waals surface area (Å²) in [7, 11) is 1.98. The summed E-state index contributed by atoms with van der Waals surface area (Å²) in [6, 6.07) is 0. The first kappa shape index (κ1) is 9.33. The van der Waals surface area contributed by atoms with Crippen molar-refractivity contribution < 1.29 is 0 Å². The predicted molar refractivity (Wildman–Crippen MR) is 57.5 cm³/mol. The molecule has 15 heavy (non-hydrogen) atoms. The minimum absolute atomic E-state index is 0.0155. The maximum Gasteiger partial charge on any atom is 0.154 e. The minimum atomic E-state index is 0.0155. The molecule has 2 fully saturated rings. The Kier molecular flexibility index (Phi) is 1.89. The highest BCUT2D eigenvalue weighted by molar-refractivity contribution is 5.09. The molecule has 2 aliphatic carbocycles. The Bertz CT molecular complexity index is 374. The number of hydrogen-bond donors (Lipinski definition) is 1. The van der Waals surface area contributed by atoms with E-state index in [1.54, 1.807) is 0 Å². The molecule has 1 aromatic rings. The molecule has 0 saturated heterocycles. The maximum atomic E-state index is 6.22. The Morgan fingerprint density at radius 3 is 2.73 bits per heavy atom. The highest BCUT2D eigenvalue weighted by atomic mass is 15.3. The summed E-state index contributed by atoms with van der Waals surface area (Å²) < 4.78 is 1.92. The molecule has 0 aliphatic heterocycles. The van der Waals surface area contributed by atoms with Gasteiger partial charge in [-0.25, -0.2) is 4.98 Å². The van der Waals surface area contributed by atoms with Crippen LogP contribution in [0.3, 0.4) is 0 Å². The van der Waals surface area contributed by atoms with E-state index in [0.717, 1.165) is 30.9 Å². The molecule has 1 aromatic heterocycles. The van der Waals surface area contributed by atoms with Crippen LogP contribution in [0.4, 0.5) is 0 Å². The van der Waals surface area contributed by atoms with Crippen molar-refractivity contribution in [1.29, 1.82) is 0 Å². The van der Waals surface area contributed by atoms with Crippen LogP contribution >= 0.6 is 0 Å². The lowest BCUT2D eigenvalue weighted by Crippen LogP contribution is -2.48. The summed E-state index contributed by atoms with van der Waals surface area (Å²) in [5, 5.41) is 4.47. The van der Waals surface area contributed by atoms with Gasteiger partial charge in [0, 0.05) is 24.9 Å². The molecular weight excluding hydrogens is 188 g/mol. The molecule has 4 heteroatoms. The summed E-state index contributed by atoms with van der Waals surface area (Å²) in [4.78, 5) is 4.61. The van der Waals surface area contributed by atoms with Gasteiger partial charge in [-0.15, -0.1) is 0 Å². The van der Waals surface area contributed by atoms with Crippen molar-refractivity contribution >= 4 is 0 Å². The molecule has 0 radical (unpaired) electrons. The van der Waals surface area contributed by atoms with Gasteiger partial charge in [0.2, 0.25) is 0 Å². The molecule has 0 bridgehead atoms. The van der Waals surface area contributed by atoms with E-state index in [9.17, 15) is 0 Å². The van der Waals surface area contributed by atoms with Gasteiger partial charge in [-0.3, -0.25) is 4.68 Å². The minimum Gasteiger partial charge on any atom is -0.325 e. The molecule has 0 aromatic carbocycles. The van der Waals surface area contributed by atoms with E-state index in [2.05, 4.69) is 10.1 Å². The average molecular weight is 206 g/mol. The first-order chi connectivity index (χ1) is 7.16. The number of nitrogens with two attached hydrogens (primary N) is 1. The Balaban J connectivity index is 1.78. The van der Waals surface area contributed by atoms with Crippen LogP contribution in [0.5, 0.6) is 0 Å². The normalized spacial score (nSPS) is 23.9. The third-order valence-corrected chi connectivity index (χ3v) is 3.67. The molecule has 3 rings (SSSR count). The van der Waals surface area contributed by atoms with Crippen LogP contribution in [-0.2, 0) is 13.5 Å². The van der Waals surface area contributed by atoms with E-state index in [1.807, 2.05) is 11.7 Å². The zero-order valence-corrected chi connectivity index (χ0v) is 9.24. The summed E-state index contributed by atoms with van der Waals surface area (Å²) in [5.74, 6) is 2.74. The standard InChI is InChI=1S/C11H18N4/c1-15-9(7-11(12)5-2-6-11)13-10(14-15)8-3-4-8/h8H,2-7,12H2,1H3. The highest BCUT2D eigenvalue weighted by Gasteiger charge is 2.35. The van der Waals surface area contributed by atoms with Crippen LogP contribution in [0.2, 0.25) is 0 Å². The molecule has 4 nitrogen and oxygen atoms in total. The zero-order chi connectivity index (χ0) is 10.5. The van der Waals surface area contributed by atoms with Crippen LogP contribution in [0.1, 0.15) is 49.7 Å². The van der Waals surface area contributed by atoms with Crippen molar-refractivity contribution in [2.45, 2.75) is 50.0 Å². The van der Waals surface area contributed by atoms with Crippen molar-refractivity contribution in [3.05, 3.63) is 11.6 Å². The van der Waals surface area contributed by atoms with Crippen LogP contribution < -0.4 is 5.73 Å². The molecule has 2 aliphatic rings. The second kappa shape index (κ2) is 3.04. The Morgan fingerprint density at radius 2 is 2.20 bits per heavy atom. The fourth-order valence-corrected chi connectivity index (χ4v) is 2.23. The third-order valence-electron chi connectivity index (χ3n) is 3.67. The quantitative estimate of drug-likeness (QED) is 0.806. The largest absolute Gasteiger partial charge is 0.325 e. The van der Waals surface area contributed by atoms with Gasteiger partial charge >= 0.3 is 0 Å². The van der Waals surface area contributed by atoms with Crippen LogP contribution in [0.15, 0.2) is 0 Å². The lowest BCUT2D eigenvalue weighted by molar-refractivity contribution is 0.241. The fraction of sp³-hybridized carbons (Fsp3) is 0.818. The maximum absolute atomic E-state index is 6.22. The highest BCUT2D eigenvalue weighted by Crippen LogP contribution is 2.38. The molecule has 1 heterocycles. The lowest BCUT2D eigenvalue weighted by Gasteiger charge is -2.37. The number of hydrogen-bond acceptors (Lipinski definition) is 3. The molecule has 0 atom stereocenters. The van der Waals surface area contributed by atoms with Gasteiger partial charge in [-0.2, -0.15) is 5.10 Å². The third kappa shape index (κ3) is 1.67. The molecule has 0 spiro atoms. The summed E-state index contributed by atoms with van der Waals surface area (Å²) >= 11 is 0. The number of nitrogens with zero attached hydrogens (tertiary/aromatic N) is 3. The second-order valence-electron chi connectivity index (χ2n) is 5.18. The van der Waals surface area contributed by atoms with Crippen LogP contribution in [0.25, 0.3) is 0 Å². The van der Waals surface area contributed by atoms with Crippen molar-refractivity contribution in [3.8, 4) is 0 Å². The smallest absolute Gasteiger partial charge is 0.154 e. The molecule has 2 N–H and O–H groups in total. The lowest BCUT2D eigenvalue weighted by atomic mass is 9.75. The first-order valence-corrected chi connectivity index (χ1v) is 5.85. The summed E-state index contributed by atoms with van der Waals surface area (Å²) in [6.45, 7) is 0. The first-order valence-electron chi connectivity index (χ1n) is 5.85. The van der Waals surface area contributed by atoms with Crippen molar-refractivity contribution in [3.63, 3.8) is 0 Å². The molecule has 2 saturated carbocycles. The summed E-state index contributed by atoms with van der Waals surface area (Å²) in [5.41, 5.74) is 6.24. The van der Waals surface area contributed by atoms with Crippen molar-refractivity contribution in [2.24, 2.45) is 12.8 Å². The van der Waals surface area contributed by atoms with E-state index in [0.29, 0.717) is 5.92 Å². The van der Waals surface area contributed by atoms with Crippen molar-refractivity contribution in [1.82, 2.24) is 14.8 Å². The van der Waals surface area contributed by atoms with Gasteiger partial charge in [0.05, 0.1) is 0 Å². The van der Waals surface area contributed by atoms with Crippen LogP contribution in [-0.4, -0.2) is 20.3 Å². The molecule has 0 unspecified atom stereocenters. The molecule has 0 amide bonds. The zero-order valence-electron chi connectivity index (χ0n) is 9.24. The van der Waals surface area contributed by atoms with Gasteiger partial charge in [0.1, 0.15) is 5.82 Å². The topological polar surface area (TPSA) is 56.7 Å². The van der Waals surface area contributed by atoms with E-state index in [-0.39, 0.29) is 5.54 Å². The van der Waals surface area contributed by atoms with Crippen molar-refractivity contribution in [2.75, 3.05) is 0 Å². The Morgan fingerprint density at radius 1 is 1.47 bits per heavy atom. The van der Waals surface area contributed by atoms with E-state index in [1.165, 1.54) is 19.3 Å². The van der Waals surface area contributed by atoms with E-state index in [4.69, 9.17) is 5.73 Å². The van der Waals surface area contributed by atoms with Gasteiger partial charge in [0.15, 0.2) is 5.82 Å². The number of aromatic nitrogens is 3. The van der Waals surface area contributed by atoms with Gasteiger partial charge in [0.25, 0.3) is 0 Å². The summed E-state index contributed by atoms with van der Waals surface area (Å²) in [6.07, 6.45) is 6.96. The fourth-order valence-electron chi connectivity index (χ4n) is 2.23. The van der Waals surface area contributed by atoms with E-state index >= 15 is 0 Å². The predicted octanol–water partition coefficient (Wildman–Crippen LogP) is 1.12. The second-order valence-corrected chi connectivity index (χ2v) is 5.18. The Labute approximate surface area is 89.9 Å². The van der Waals surface area contributed by atoms with Gasteiger partial charge < -0.3 is 5.73 Å². The Hall–Kier alpha value is -0.900. The number of aryl methyl sites for hydroxylation is 1. The van der Waals surface area contributed by atoms with Gasteiger partial charge in [-0.1, -0.05) is 0 Å². The van der Waals surface area contributed by atoms with Gasteiger partial charge in [-0.05, 0) is 32.1 Å². The van der Waals surface area contributed by atoms with Crippen LogP contribution in [0, 0.1) is 0 Å². The van der Waals surface area contributed by atoms with E-state index < -0.39 is 0 Å². The average Bonchev–Trinajstić information content (AvgIpc) is 2.92. The number of rotatable bonds is 3.